The van der Waals surface area contributed by atoms with Gasteiger partial charge in [-0.05, 0) is 43.6 Å². The van der Waals surface area contributed by atoms with Crippen molar-refractivity contribution >= 4 is 21.4 Å². The number of nitrogens with one attached hydrogen (secondary N) is 2. The van der Waals surface area contributed by atoms with Crippen LogP contribution in [0.3, 0.4) is 0 Å². The molecule has 2 atom stereocenters. The molecule has 1 aliphatic rings. The van der Waals surface area contributed by atoms with E-state index >= 15 is 0 Å². The largest absolute Gasteiger partial charge is 0.309 e. The summed E-state index contributed by atoms with van der Waals surface area (Å²) in [5.41, 5.74) is 0. The summed E-state index contributed by atoms with van der Waals surface area (Å²) in [6.07, 6.45) is 4.35. The fourth-order valence-electron chi connectivity index (χ4n) is 2.37. The van der Waals surface area contributed by atoms with Crippen LogP contribution >= 0.6 is 11.3 Å². The highest BCUT2D eigenvalue weighted by molar-refractivity contribution is 7.89. The second kappa shape index (κ2) is 7.22. The van der Waals surface area contributed by atoms with E-state index in [2.05, 4.69) is 23.9 Å². The lowest BCUT2D eigenvalue weighted by Gasteiger charge is -2.17. The average molecular weight is 331 g/mol. The zero-order chi connectivity index (χ0) is 15.5. The van der Waals surface area contributed by atoms with Gasteiger partial charge < -0.3 is 5.32 Å². The van der Waals surface area contributed by atoms with Crippen LogP contribution in [-0.4, -0.2) is 20.5 Å². The maximum Gasteiger partial charge on any atom is 0.241 e. The van der Waals surface area contributed by atoms with Crippen molar-refractivity contribution in [1.82, 2.24) is 10.0 Å². The number of thiophene rings is 1. The van der Waals surface area contributed by atoms with Crippen molar-refractivity contribution in [1.29, 1.82) is 0 Å². The maximum absolute atomic E-state index is 12.5. The van der Waals surface area contributed by atoms with E-state index < -0.39 is 10.0 Å². The number of hydrogen-bond acceptors (Lipinski definition) is 4. The summed E-state index contributed by atoms with van der Waals surface area (Å²) in [6, 6.07) is 2.27. The van der Waals surface area contributed by atoms with Crippen molar-refractivity contribution in [2.24, 2.45) is 5.92 Å². The van der Waals surface area contributed by atoms with E-state index in [1.54, 1.807) is 6.07 Å². The van der Waals surface area contributed by atoms with Gasteiger partial charge in [-0.2, -0.15) is 0 Å². The van der Waals surface area contributed by atoms with Gasteiger partial charge in [-0.3, -0.25) is 0 Å². The number of hydrogen-bond donors (Lipinski definition) is 2. The molecular formula is C15H26N2O2S2. The molecule has 0 aromatic carbocycles. The highest BCUT2D eigenvalue weighted by atomic mass is 32.2. The van der Waals surface area contributed by atoms with Crippen LogP contribution in [0.25, 0.3) is 0 Å². The molecule has 1 saturated carbocycles. The van der Waals surface area contributed by atoms with Gasteiger partial charge >= 0.3 is 0 Å². The van der Waals surface area contributed by atoms with Crippen molar-refractivity contribution in [3.8, 4) is 0 Å². The number of rotatable bonds is 9. The summed E-state index contributed by atoms with van der Waals surface area (Å²) in [4.78, 5) is 1.35. The van der Waals surface area contributed by atoms with Crippen LogP contribution < -0.4 is 10.0 Å². The smallest absolute Gasteiger partial charge is 0.241 e. The topological polar surface area (TPSA) is 58.2 Å². The first-order valence-corrected chi connectivity index (χ1v) is 10.1. The molecule has 2 rings (SSSR count). The van der Waals surface area contributed by atoms with Crippen molar-refractivity contribution in [3.05, 3.63) is 16.3 Å². The Balaban J connectivity index is 1.99. The monoisotopic (exact) mass is 330 g/mol. The molecule has 6 heteroatoms. The van der Waals surface area contributed by atoms with Crippen LogP contribution in [0.1, 0.15) is 51.3 Å². The summed E-state index contributed by atoms with van der Waals surface area (Å²) in [7, 11) is -3.41. The quantitative estimate of drug-likeness (QED) is 0.731. The molecule has 120 valence electrons. The van der Waals surface area contributed by atoms with Crippen LogP contribution in [0.15, 0.2) is 16.3 Å². The summed E-state index contributed by atoms with van der Waals surface area (Å²) >= 11 is 1.51. The first-order chi connectivity index (χ1) is 9.92. The van der Waals surface area contributed by atoms with E-state index in [1.807, 2.05) is 12.3 Å². The van der Waals surface area contributed by atoms with Crippen LogP contribution in [-0.2, 0) is 16.6 Å². The predicted molar refractivity (Wildman–Crippen MR) is 88.0 cm³/mol. The third-order valence-corrected chi connectivity index (χ3v) is 6.66. The van der Waals surface area contributed by atoms with Gasteiger partial charge in [0.25, 0.3) is 0 Å². The molecule has 1 fully saturated rings. The van der Waals surface area contributed by atoms with E-state index in [9.17, 15) is 8.42 Å². The molecule has 1 aliphatic carbocycles. The zero-order valence-corrected chi connectivity index (χ0v) is 14.7. The third kappa shape index (κ3) is 5.06. The second-order valence-corrected chi connectivity index (χ2v) is 8.82. The maximum atomic E-state index is 12.5. The minimum Gasteiger partial charge on any atom is -0.309 e. The highest BCUT2D eigenvalue weighted by Crippen LogP contribution is 2.25. The van der Waals surface area contributed by atoms with Gasteiger partial charge in [0.05, 0.1) is 4.90 Å². The molecule has 21 heavy (non-hydrogen) atoms. The van der Waals surface area contributed by atoms with Gasteiger partial charge in [-0.15, -0.1) is 11.3 Å². The van der Waals surface area contributed by atoms with E-state index in [0.29, 0.717) is 23.4 Å². The summed E-state index contributed by atoms with van der Waals surface area (Å²) < 4.78 is 27.9. The summed E-state index contributed by atoms with van der Waals surface area (Å²) in [5.74, 6) is 0.529. The first kappa shape index (κ1) is 16.9. The Bertz CT molecular complexity index is 550. The SMILES string of the molecule is CCC(C)CC(C)NS(=O)(=O)c1ccsc1CNC1CC1. The Morgan fingerprint density at radius 2 is 2.10 bits per heavy atom. The molecule has 0 saturated heterocycles. The molecule has 2 unspecified atom stereocenters. The van der Waals surface area contributed by atoms with Crippen molar-refractivity contribution in [2.45, 2.75) is 70.0 Å². The molecule has 1 aromatic heterocycles. The van der Waals surface area contributed by atoms with Gasteiger partial charge in [0, 0.05) is 23.5 Å². The lowest BCUT2D eigenvalue weighted by atomic mass is 10.0. The molecule has 0 aliphatic heterocycles. The lowest BCUT2D eigenvalue weighted by Crippen LogP contribution is -2.34. The van der Waals surface area contributed by atoms with E-state index in [4.69, 9.17) is 0 Å². The average Bonchev–Trinajstić information content (AvgIpc) is 3.11. The Morgan fingerprint density at radius 1 is 1.38 bits per heavy atom. The number of sulfonamides is 1. The lowest BCUT2D eigenvalue weighted by molar-refractivity contribution is 0.445. The van der Waals surface area contributed by atoms with Gasteiger partial charge in [0.1, 0.15) is 0 Å². The molecule has 1 heterocycles. The second-order valence-electron chi connectivity index (χ2n) is 6.13. The molecule has 0 bridgehead atoms. The Hall–Kier alpha value is -0.430. The summed E-state index contributed by atoms with van der Waals surface area (Å²) in [5, 5.41) is 5.24. The standard InChI is InChI=1S/C15H26N2O2S2/c1-4-11(2)9-12(3)17-21(18,19)15-7-8-20-14(15)10-16-13-5-6-13/h7-8,11-13,16-17H,4-6,9-10H2,1-3H3. The zero-order valence-electron chi connectivity index (χ0n) is 13.1. The van der Waals surface area contributed by atoms with Crippen molar-refractivity contribution in [3.63, 3.8) is 0 Å². The minimum atomic E-state index is -3.41. The third-order valence-electron chi connectivity index (χ3n) is 3.93. The molecular weight excluding hydrogens is 304 g/mol. The van der Waals surface area contributed by atoms with Gasteiger partial charge in [-0.25, -0.2) is 13.1 Å². The van der Waals surface area contributed by atoms with Gasteiger partial charge in [-0.1, -0.05) is 20.3 Å². The minimum absolute atomic E-state index is 0.0332. The summed E-state index contributed by atoms with van der Waals surface area (Å²) in [6.45, 7) is 6.88. The first-order valence-electron chi connectivity index (χ1n) is 7.74. The van der Waals surface area contributed by atoms with Crippen LogP contribution in [0.2, 0.25) is 0 Å². The molecule has 0 radical (unpaired) electrons. The van der Waals surface area contributed by atoms with Crippen molar-refractivity contribution in [2.75, 3.05) is 0 Å². The van der Waals surface area contributed by atoms with Gasteiger partial charge in [0.15, 0.2) is 0 Å². The van der Waals surface area contributed by atoms with Crippen LogP contribution in [0.4, 0.5) is 0 Å². The van der Waals surface area contributed by atoms with E-state index in [0.717, 1.165) is 17.7 Å². The Morgan fingerprint density at radius 3 is 2.71 bits per heavy atom. The highest BCUT2D eigenvalue weighted by Gasteiger charge is 2.25. The molecule has 4 nitrogen and oxygen atoms in total. The van der Waals surface area contributed by atoms with Gasteiger partial charge in [0.2, 0.25) is 10.0 Å². The molecule has 2 N–H and O–H groups in total. The normalized spacial score (nSPS) is 18.6. The van der Waals surface area contributed by atoms with E-state index in [1.165, 1.54) is 24.2 Å². The fourth-order valence-corrected chi connectivity index (χ4v) is 5.02. The molecule has 0 amide bonds. The van der Waals surface area contributed by atoms with Crippen molar-refractivity contribution < 1.29 is 8.42 Å². The fraction of sp³-hybridized carbons (Fsp3) is 0.733. The Kier molecular flexibility index (Phi) is 5.82. The van der Waals surface area contributed by atoms with Crippen LogP contribution in [0, 0.1) is 5.92 Å². The van der Waals surface area contributed by atoms with E-state index in [-0.39, 0.29) is 6.04 Å². The van der Waals surface area contributed by atoms with Crippen LogP contribution in [0.5, 0.6) is 0 Å². The molecule has 0 spiro atoms. The molecule has 1 aromatic rings. The predicted octanol–water partition coefficient (Wildman–Crippen LogP) is 3.10. The Labute approximate surface area is 132 Å².